The van der Waals surface area contributed by atoms with Gasteiger partial charge in [-0.1, -0.05) is 18.2 Å². The molecule has 1 aliphatic heterocycles. The maximum atomic E-state index is 13.0. The number of alkyl halides is 3. The van der Waals surface area contributed by atoms with E-state index in [4.69, 9.17) is 4.74 Å². The molecular weight excluding hydrogens is 413 g/mol. The number of amides is 2. The zero-order valence-electron chi connectivity index (χ0n) is 16.7. The van der Waals surface area contributed by atoms with Gasteiger partial charge in [0.2, 0.25) is 11.8 Å². The van der Waals surface area contributed by atoms with Crippen molar-refractivity contribution >= 4 is 11.8 Å². The molecule has 2 N–H and O–H groups in total. The molecule has 1 fully saturated rings. The number of hydrogen-bond donors (Lipinski definition) is 2. The first-order valence-corrected chi connectivity index (χ1v) is 9.80. The molecule has 3 rings (SSSR count). The lowest BCUT2D eigenvalue weighted by Crippen LogP contribution is -2.56. The summed E-state index contributed by atoms with van der Waals surface area (Å²) in [6, 6.07) is 7.70. The zero-order chi connectivity index (χ0) is 22.3. The van der Waals surface area contributed by atoms with Gasteiger partial charge in [0, 0.05) is 25.8 Å². The molecule has 0 bridgehead atoms. The standard InChI is InChI=1S/C21H23F3N4O3/c22-21(23,24)16-4-1-3-15(11-16)14-28-9-7-27-20(30)18(28)12-19(29)26-8-10-31-17-5-2-6-25-13-17/h1-6,11,13,18H,7-10,12,14H2,(H,26,29)(H,27,30)/t18-/m0/s1. The Kier molecular flexibility index (Phi) is 7.45. The van der Waals surface area contributed by atoms with Crippen LogP contribution in [0.25, 0.3) is 0 Å². The van der Waals surface area contributed by atoms with E-state index in [9.17, 15) is 22.8 Å². The molecule has 0 aliphatic carbocycles. The Labute approximate surface area is 177 Å². The van der Waals surface area contributed by atoms with Crippen molar-refractivity contribution in [1.82, 2.24) is 20.5 Å². The quantitative estimate of drug-likeness (QED) is 0.619. The van der Waals surface area contributed by atoms with Crippen molar-refractivity contribution in [1.29, 1.82) is 0 Å². The fourth-order valence-electron chi connectivity index (χ4n) is 3.29. The molecule has 2 heterocycles. The van der Waals surface area contributed by atoms with Crippen LogP contribution in [0.4, 0.5) is 13.2 Å². The number of carbonyl (C=O) groups is 2. The molecule has 10 heteroatoms. The molecule has 2 amide bonds. The summed E-state index contributed by atoms with van der Waals surface area (Å²) in [7, 11) is 0. The number of rotatable bonds is 8. The third kappa shape index (κ3) is 6.68. The summed E-state index contributed by atoms with van der Waals surface area (Å²) in [4.78, 5) is 30.3. The van der Waals surface area contributed by atoms with E-state index in [1.165, 1.54) is 6.07 Å². The van der Waals surface area contributed by atoms with Crippen LogP contribution in [0.1, 0.15) is 17.5 Å². The first kappa shape index (κ1) is 22.5. The Hall–Kier alpha value is -3.14. The number of hydrogen-bond acceptors (Lipinski definition) is 5. The second kappa shape index (κ2) is 10.3. The van der Waals surface area contributed by atoms with E-state index >= 15 is 0 Å². The largest absolute Gasteiger partial charge is 0.490 e. The number of halogens is 3. The SMILES string of the molecule is O=C(C[C@H]1C(=O)NCCN1Cc1cccc(C(F)(F)F)c1)NCCOc1cccnc1. The van der Waals surface area contributed by atoms with Crippen LogP contribution in [0.2, 0.25) is 0 Å². The molecule has 0 unspecified atom stereocenters. The van der Waals surface area contributed by atoms with Crippen LogP contribution in [-0.2, 0) is 22.3 Å². The third-order valence-corrected chi connectivity index (χ3v) is 4.79. The van der Waals surface area contributed by atoms with Gasteiger partial charge in [-0.25, -0.2) is 0 Å². The summed E-state index contributed by atoms with van der Waals surface area (Å²) in [6.45, 7) is 1.43. The van der Waals surface area contributed by atoms with Crippen LogP contribution in [0, 0.1) is 0 Å². The minimum absolute atomic E-state index is 0.0995. The number of pyridine rings is 1. The van der Waals surface area contributed by atoms with Gasteiger partial charge in [0.05, 0.1) is 30.8 Å². The van der Waals surface area contributed by atoms with Gasteiger partial charge in [-0.05, 0) is 23.8 Å². The molecule has 1 aromatic heterocycles. The maximum Gasteiger partial charge on any atom is 0.416 e. The third-order valence-electron chi connectivity index (χ3n) is 4.79. The van der Waals surface area contributed by atoms with E-state index < -0.39 is 17.8 Å². The second-order valence-corrected chi connectivity index (χ2v) is 7.07. The maximum absolute atomic E-state index is 13.0. The van der Waals surface area contributed by atoms with Crippen LogP contribution in [0.5, 0.6) is 5.75 Å². The van der Waals surface area contributed by atoms with E-state index in [-0.39, 0.29) is 37.9 Å². The number of nitrogens with zero attached hydrogens (tertiary/aromatic N) is 2. The van der Waals surface area contributed by atoms with Crippen molar-refractivity contribution in [2.24, 2.45) is 0 Å². The van der Waals surface area contributed by atoms with Gasteiger partial charge < -0.3 is 15.4 Å². The fraction of sp³-hybridized carbons (Fsp3) is 0.381. The fourth-order valence-corrected chi connectivity index (χ4v) is 3.29. The lowest BCUT2D eigenvalue weighted by atomic mass is 10.1. The average molecular weight is 436 g/mol. The van der Waals surface area contributed by atoms with Crippen molar-refractivity contribution in [2.45, 2.75) is 25.2 Å². The number of carbonyl (C=O) groups excluding carboxylic acids is 2. The van der Waals surface area contributed by atoms with Crippen LogP contribution >= 0.6 is 0 Å². The Morgan fingerprint density at radius 1 is 1.29 bits per heavy atom. The van der Waals surface area contributed by atoms with Gasteiger partial charge in [0.15, 0.2) is 0 Å². The zero-order valence-corrected chi connectivity index (χ0v) is 16.7. The normalized spacial score (nSPS) is 17.1. The summed E-state index contributed by atoms with van der Waals surface area (Å²) >= 11 is 0. The van der Waals surface area contributed by atoms with Crippen LogP contribution in [0.3, 0.4) is 0 Å². The highest BCUT2D eigenvalue weighted by Gasteiger charge is 2.33. The van der Waals surface area contributed by atoms with E-state index in [1.807, 2.05) is 0 Å². The minimum atomic E-state index is -4.44. The molecule has 0 saturated carbocycles. The van der Waals surface area contributed by atoms with E-state index in [2.05, 4.69) is 15.6 Å². The molecule has 31 heavy (non-hydrogen) atoms. The van der Waals surface area contributed by atoms with Gasteiger partial charge in [-0.2, -0.15) is 13.2 Å². The molecule has 2 aromatic rings. The number of piperazine rings is 1. The number of nitrogens with one attached hydrogen (secondary N) is 2. The Bertz CT molecular complexity index is 893. The number of aromatic nitrogens is 1. The van der Waals surface area contributed by atoms with E-state index in [1.54, 1.807) is 35.5 Å². The highest BCUT2D eigenvalue weighted by Crippen LogP contribution is 2.30. The van der Waals surface area contributed by atoms with Gasteiger partial charge in [0.25, 0.3) is 0 Å². The Morgan fingerprint density at radius 3 is 2.87 bits per heavy atom. The summed E-state index contributed by atoms with van der Waals surface area (Å²) in [6.07, 6.45) is -1.36. The summed E-state index contributed by atoms with van der Waals surface area (Å²) in [5.74, 6) is -0.0819. The summed E-state index contributed by atoms with van der Waals surface area (Å²) in [5, 5.41) is 5.40. The van der Waals surface area contributed by atoms with E-state index in [0.29, 0.717) is 24.4 Å². The number of benzene rings is 1. The van der Waals surface area contributed by atoms with Crippen molar-refractivity contribution < 1.29 is 27.5 Å². The smallest absolute Gasteiger partial charge is 0.416 e. The number of ether oxygens (including phenoxy) is 1. The monoisotopic (exact) mass is 436 g/mol. The van der Waals surface area contributed by atoms with E-state index in [0.717, 1.165) is 12.1 Å². The predicted octanol–water partition coefficient (Wildman–Crippen LogP) is 1.99. The topological polar surface area (TPSA) is 83.6 Å². The lowest BCUT2D eigenvalue weighted by Gasteiger charge is -2.34. The molecule has 0 radical (unpaired) electrons. The first-order chi connectivity index (χ1) is 14.8. The second-order valence-electron chi connectivity index (χ2n) is 7.07. The molecule has 7 nitrogen and oxygen atoms in total. The van der Waals surface area contributed by atoms with Gasteiger partial charge in [-0.3, -0.25) is 19.5 Å². The Balaban J connectivity index is 1.54. The highest BCUT2D eigenvalue weighted by molar-refractivity contribution is 5.88. The molecule has 0 spiro atoms. The summed E-state index contributed by atoms with van der Waals surface area (Å²) in [5.41, 5.74) is -0.311. The summed E-state index contributed by atoms with van der Waals surface area (Å²) < 4.78 is 44.4. The van der Waals surface area contributed by atoms with Crippen LogP contribution in [0.15, 0.2) is 48.8 Å². The molecule has 1 atom stereocenters. The lowest BCUT2D eigenvalue weighted by molar-refractivity contribution is -0.137. The van der Waals surface area contributed by atoms with Crippen molar-refractivity contribution in [2.75, 3.05) is 26.2 Å². The highest BCUT2D eigenvalue weighted by atomic mass is 19.4. The average Bonchev–Trinajstić information content (AvgIpc) is 2.74. The van der Waals surface area contributed by atoms with Crippen molar-refractivity contribution in [3.63, 3.8) is 0 Å². The van der Waals surface area contributed by atoms with Crippen molar-refractivity contribution in [3.8, 4) is 5.75 Å². The molecular formula is C21H23F3N4O3. The molecule has 1 saturated heterocycles. The first-order valence-electron chi connectivity index (χ1n) is 9.80. The molecule has 1 aromatic carbocycles. The Morgan fingerprint density at radius 2 is 2.13 bits per heavy atom. The molecule has 1 aliphatic rings. The van der Waals surface area contributed by atoms with Crippen molar-refractivity contribution in [3.05, 3.63) is 59.9 Å². The van der Waals surface area contributed by atoms with Gasteiger partial charge in [0.1, 0.15) is 12.4 Å². The molecule has 166 valence electrons. The predicted molar refractivity (Wildman–Crippen MR) is 106 cm³/mol. The van der Waals surface area contributed by atoms with Crippen LogP contribution < -0.4 is 15.4 Å². The van der Waals surface area contributed by atoms with Crippen LogP contribution in [-0.4, -0.2) is 54.0 Å². The van der Waals surface area contributed by atoms with Gasteiger partial charge >= 0.3 is 6.18 Å². The minimum Gasteiger partial charge on any atom is -0.490 e. The van der Waals surface area contributed by atoms with Gasteiger partial charge in [-0.15, -0.1) is 0 Å².